The Hall–Kier alpha value is -1.22. The van der Waals surface area contributed by atoms with E-state index in [2.05, 4.69) is 6.92 Å². The quantitative estimate of drug-likeness (QED) is 0.779. The molecule has 0 saturated carbocycles. The highest BCUT2D eigenvalue weighted by atomic mass is 35.5. The molecule has 0 N–H and O–H groups in total. The fourth-order valence-electron chi connectivity index (χ4n) is 2.20. The van der Waals surface area contributed by atoms with E-state index < -0.39 is 0 Å². The fourth-order valence-corrected chi connectivity index (χ4v) is 2.45. The van der Waals surface area contributed by atoms with Gasteiger partial charge in [-0.3, -0.25) is 4.79 Å². The molecule has 0 bridgehead atoms. The van der Waals surface area contributed by atoms with Crippen molar-refractivity contribution in [1.82, 2.24) is 0 Å². The van der Waals surface area contributed by atoms with Crippen LogP contribution in [0.15, 0.2) is 12.1 Å². The molecule has 1 aromatic rings. The Balaban J connectivity index is 2.31. The molecule has 0 spiro atoms. The maximum Gasteiger partial charge on any atom is 0.167 e. The second-order valence-corrected chi connectivity index (χ2v) is 5.29. The molecule has 0 saturated heterocycles. The van der Waals surface area contributed by atoms with Gasteiger partial charge < -0.3 is 9.47 Å². The van der Waals surface area contributed by atoms with Gasteiger partial charge in [0.25, 0.3) is 0 Å². The Morgan fingerprint density at radius 2 is 1.95 bits per heavy atom. The van der Waals surface area contributed by atoms with Gasteiger partial charge in [0.15, 0.2) is 17.3 Å². The standard InChI is InChI=1S/C15H19ClO3/c1-3-5-10(2)15(17)11-8-13-14(9-12(11)16)19-7-4-6-18-13/h8-10H,3-7H2,1-2H3. The van der Waals surface area contributed by atoms with Gasteiger partial charge in [0.05, 0.1) is 18.2 Å². The van der Waals surface area contributed by atoms with Crippen LogP contribution in [-0.4, -0.2) is 19.0 Å². The van der Waals surface area contributed by atoms with Crippen molar-refractivity contribution in [2.24, 2.45) is 5.92 Å². The molecule has 3 nitrogen and oxygen atoms in total. The number of benzene rings is 1. The number of hydrogen-bond donors (Lipinski definition) is 0. The molecule has 4 heteroatoms. The van der Waals surface area contributed by atoms with Crippen LogP contribution in [0.2, 0.25) is 5.02 Å². The van der Waals surface area contributed by atoms with Crippen molar-refractivity contribution >= 4 is 17.4 Å². The molecule has 0 aromatic heterocycles. The zero-order valence-electron chi connectivity index (χ0n) is 11.4. The van der Waals surface area contributed by atoms with Crippen molar-refractivity contribution in [3.05, 3.63) is 22.7 Å². The van der Waals surface area contributed by atoms with E-state index in [-0.39, 0.29) is 11.7 Å². The Morgan fingerprint density at radius 1 is 1.32 bits per heavy atom. The number of halogens is 1. The van der Waals surface area contributed by atoms with Crippen LogP contribution >= 0.6 is 11.6 Å². The highest BCUT2D eigenvalue weighted by Crippen LogP contribution is 2.36. The molecule has 1 unspecified atom stereocenters. The number of carbonyl (C=O) groups excluding carboxylic acids is 1. The Bertz CT molecular complexity index is 471. The molecule has 1 aliphatic heterocycles. The number of ketones is 1. The summed E-state index contributed by atoms with van der Waals surface area (Å²) in [4.78, 5) is 12.3. The smallest absolute Gasteiger partial charge is 0.167 e. The fraction of sp³-hybridized carbons (Fsp3) is 0.533. The molecule has 2 rings (SSSR count). The third-order valence-electron chi connectivity index (χ3n) is 3.27. The monoisotopic (exact) mass is 282 g/mol. The summed E-state index contributed by atoms with van der Waals surface area (Å²) in [6.07, 6.45) is 2.68. The lowest BCUT2D eigenvalue weighted by molar-refractivity contribution is 0.0923. The zero-order valence-corrected chi connectivity index (χ0v) is 12.1. The van der Waals surface area contributed by atoms with Crippen molar-refractivity contribution in [3.8, 4) is 11.5 Å². The minimum atomic E-state index is -0.0211. The van der Waals surface area contributed by atoms with Gasteiger partial charge in [0, 0.05) is 24.0 Å². The first-order valence-corrected chi connectivity index (χ1v) is 7.14. The van der Waals surface area contributed by atoms with Gasteiger partial charge in [-0.25, -0.2) is 0 Å². The summed E-state index contributed by atoms with van der Waals surface area (Å²) < 4.78 is 11.1. The maximum atomic E-state index is 12.3. The van der Waals surface area contributed by atoms with Crippen LogP contribution in [0.5, 0.6) is 11.5 Å². The average molecular weight is 283 g/mol. The van der Waals surface area contributed by atoms with E-state index in [1.54, 1.807) is 12.1 Å². The van der Waals surface area contributed by atoms with Crippen LogP contribution < -0.4 is 9.47 Å². The first kappa shape index (κ1) is 14.2. The van der Waals surface area contributed by atoms with Crippen molar-refractivity contribution in [2.45, 2.75) is 33.1 Å². The van der Waals surface area contributed by atoms with Gasteiger partial charge in [-0.1, -0.05) is 31.9 Å². The summed E-state index contributed by atoms with van der Waals surface area (Å²) in [7, 11) is 0. The highest BCUT2D eigenvalue weighted by molar-refractivity contribution is 6.34. The first-order chi connectivity index (χ1) is 9.13. The van der Waals surface area contributed by atoms with Crippen molar-refractivity contribution in [1.29, 1.82) is 0 Å². The molecule has 104 valence electrons. The van der Waals surface area contributed by atoms with Crippen molar-refractivity contribution in [3.63, 3.8) is 0 Å². The van der Waals surface area contributed by atoms with E-state index in [0.29, 0.717) is 35.3 Å². The lowest BCUT2D eigenvalue weighted by Gasteiger charge is -2.14. The minimum Gasteiger partial charge on any atom is -0.490 e. The van der Waals surface area contributed by atoms with E-state index in [1.165, 1.54) is 0 Å². The van der Waals surface area contributed by atoms with Gasteiger partial charge in [0.2, 0.25) is 0 Å². The Kier molecular flexibility index (Phi) is 4.70. The van der Waals surface area contributed by atoms with Gasteiger partial charge in [-0.15, -0.1) is 0 Å². The van der Waals surface area contributed by atoms with Crippen LogP contribution in [-0.2, 0) is 0 Å². The number of rotatable bonds is 4. The highest BCUT2D eigenvalue weighted by Gasteiger charge is 2.21. The number of fused-ring (bicyclic) bond motifs is 1. The van der Waals surface area contributed by atoms with Gasteiger partial charge >= 0.3 is 0 Å². The zero-order chi connectivity index (χ0) is 13.8. The normalized spacial score (nSPS) is 15.7. The van der Waals surface area contributed by atoms with Gasteiger partial charge in [-0.2, -0.15) is 0 Å². The lowest BCUT2D eigenvalue weighted by Crippen LogP contribution is -2.12. The van der Waals surface area contributed by atoms with Crippen LogP contribution in [0.25, 0.3) is 0 Å². The van der Waals surface area contributed by atoms with Crippen LogP contribution in [0.4, 0.5) is 0 Å². The molecule has 0 aliphatic carbocycles. The summed E-state index contributed by atoms with van der Waals surface area (Å²) in [5, 5.41) is 0.442. The summed E-state index contributed by atoms with van der Waals surface area (Å²) in [5.41, 5.74) is 0.534. The van der Waals surface area contributed by atoms with Crippen LogP contribution in [0, 0.1) is 5.92 Å². The summed E-state index contributed by atoms with van der Waals surface area (Å²) in [6.45, 7) is 5.22. The maximum absolute atomic E-state index is 12.3. The van der Waals surface area contributed by atoms with E-state index in [1.807, 2.05) is 6.92 Å². The number of Topliss-reactive ketones (excluding diaryl/α,β-unsaturated/α-hetero) is 1. The summed E-state index contributed by atoms with van der Waals surface area (Å²) in [5.74, 6) is 1.30. The van der Waals surface area contributed by atoms with Crippen LogP contribution in [0.3, 0.4) is 0 Å². The van der Waals surface area contributed by atoms with E-state index in [9.17, 15) is 4.79 Å². The third-order valence-corrected chi connectivity index (χ3v) is 3.58. The second kappa shape index (κ2) is 6.29. The predicted octanol–water partition coefficient (Wildman–Crippen LogP) is 4.12. The summed E-state index contributed by atoms with van der Waals surface area (Å²) >= 11 is 6.20. The second-order valence-electron chi connectivity index (χ2n) is 4.88. The molecular weight excluding hydrogens is 264 g/mol. The first-order valence-electron chi connectivity index (χ1n) is 6.76. The molecule has 0 amide bonds. The third kappa shape index (κ3) is 3.21. The largest absolute Gasteiger partial charge is 0.490 e. The van der Waals surface area contributed by atoms with Gasteiger partial charge in [0.1, 0.15) is 0 Å². The van der Waals surface area contributed by atoms with Crippen LogP contribution in [0.1, 0.15) is 43.5 Å². The molecule has 0 radical (unpaired) electrons. The molecule has 0 fully saturated rings. The van der Waals surface area contributed by atoms with Crippen molar-refractivity contribution < 1.29 is 14.3 Å². The predicted molar refractivity (Wildman–Crippen MR) is 75.5 cm³/mol. The van der Waals surface area contributed by atoms with E-state index in [0.717, 1.165) is 19.3 Å². The van der Waals surface area contributed by atoms with E-state index >= 15 is 0 Å². The molecule has 19 heavy (non-hydrogen) atoms. The number of carbonyl (C=O) groups is 1. The number of ether oxygens (including phenoxy) is 2. The van der Waals surface area contributed by atoms with E-state index in [4.69, 9.17) is 21.1 Å². The lowest BCUT2D eigenvalue weighted by atomic mass is 9.95. The van der Waals surface area contributed by atoms with Crippen molar-refractivity contribution in [2.75, 3.05) is 13.2 Å². The summed E-state index contributed by atoms with van der Waals surface area (Å²) in [6, 6.07) is 3.41. The Morgan fingerprint density at radius 3 is 2.58 bits per heavy atom. The number of hydrogen-bond acceptors (Lipinski definition) is 3. The molecule has 1 aliphatic rings. The topological polar surface area (TPSA) is 35.5 Å². The molecule has 1 atom stereocenters. The molecule has 1 heterocycles. The SMILES string of the molecule is CCCC(C)C(=O)c1cc2c(cc1Cl)OCCCO2. The molecular formula is C15H19ClO3. The van der Waals surface area contributed by atoms with Gasteiger partial charge in [-0.05, 0) is 12.5 Å². The molecule has 1 aromatic carbocycles. The minimum absolute atomic E-state index is 0.0211. The Labute approximate surface area is 118 Å². The average Bonchev–Trinajstić information content (AvgIpc) is 2.62.